The maximum Gasteiger partial charge on any atom is 0.417 e. The van der Waals surface area contributed by atoms with E-state index in [1.165, 1.54) is 4.90 Å². The lowest BCUT2D eigenvalue weighted by molar-refractivity contribution is -0.137. The number of aromatic nitrogens is 1. The number of rotatable bonds is 7. The van der Waals surface area contributed by atoms with E-state index >= 15 is 0 Å². The third kappa shape index (κ3) is 5.88. The first-order valence-electron chi connectivity index (χ1n) is 7.51. The first-order chi connectivity index (χ1) is 11.8. The largest absolute Gasteiger partial charge is 0.417 e. The summed E-state index contributed by atoms with van der Waals surface area (Å²) in [6.07, 6.45) is -4.62. The standard InChI is InChI=1S/C17H18ClF3N2O2/c1-23(16-15(18)7-13(8-22-16)17(19,20)21)9-14(24)11-25-10-12-5-3-2-4-6-12/h2-8,14,24H,9-11H2,1H3. The van der Waals surface area contributed by atoms with Gasteiger partial charge in [-0.05, 0) is 11.6 Å². The Balaban J connectivity index is 1.87. The molecule has 2 aromatic rings. The van der Waals surface area contributed by atoms with Crippen LogP contribution in [0.3, 0.4) is 0 Å². The van der Waals surface area contributed by atoms with Crippen molar-refractivity contribution in [3.8, 4) is 0 Å². The molecule has 25 heavy (non-hydrogen) atoms. The van der Waals surface area contributed by atoms with Crippen LogP contribution in [-0.4, -0.2) is 36.4 Å². The van der Waals surface area contributed by atoms with Crippen LogP contribution in [-0.2, 0) is 17.5 Å². The van der Waals surface area contributed by atoms with Crippen LogP contribution in [0.25, 0.3) is 0 Å². The molecule has 1 N–H and O–H groups in total. The summed E-state index contributed by atoms with van der Waals surface area (Å²) in [4.78, 5) is 5.23. The molecule has 1 atom stereocenters. The summed E-state index contributed by atoms with van der Waals surface area (Å²) < 4.78 is 43.3. The molecule has 1 heterocycles. The van der Waals surface area contributed by atoms with Crippen molar-refractivity contribution >= 4 is 17.4 Å². The second-order valence-corrected chi connectivity index (χ2v) is 5.97. The average Bonchev–Trinajstić information content (AvgIpc) is 2.54. The third-order valence-electron chi connectivity index (χ3n) is 3.42. The molecule has 0 amide bonds. The lowest BCUT2D eigenvalue weighted by atomic mass is 10.2. The van der Waals surface area contributed by atoms with Crippen molar-refractivity contribution in [1.29, 1.82) is 0 Å². The highest BCUT2D eigenvalue weighted by atomic mass is 35.5. The Bertz CT molecular complexity index is 683. The van der Waals surface area contributed by atoms with Gasteiger partial charge in [-0.3, -0.25) is 0 Å². The number of pyridine rings is 1. The van der Waals surface area contributed by atoms with Crippen molar-refractivity contribution in [2.75, 3.05) is 25.1 Å². The van der Waals surface area contributed by atoms with Crippen molar-refractivity contribution < 1.29 is 23.0 Å². The van der Waals surface area contributed by atoms with Crippen molar-refractivity contribution in [2.24, 2.45) is 0 Å². The number of hydrogen-bond acceptors (Lipinski definition) is 4. The highest BCUT2D eigenvalue weighted by Crippen LogP contribution is 2.33. The van der Waals surface area contributed by atoms with Gasteiger partial charge in [-0.15, -0.1) is 0 Å². The molecule has 2 rings (SSSR count). The molecule has 0 saturated carbocycles. The third-order valence-corrected chi connectivity index (χ3v) is 3.70. The molecule has 0 spiro atoms. The fraction of sp³-hybridized carbons (Fsp3) is 0.353. The van der Waals surface area contributed by atoms with E-state index in [4.69, 9.17) is 16.3 Å². The second-order valence-electron chi connectivity index (χ2n) is 5.56. The maximum atomic E-state index is 12.6. The number of aliphatic hydroxyl groups is 1. The first kappa shape index (κ1) is 19.5. The minimum Gasteiger partial charge on any atom is -0.389 e. The number of ether oxygens (including phenoxy) is 1. The van der Waals surface area contributed by atoms with Gasteiger partial charge in [-0.25, -0.2) is 4.98 Å². The Morgan fingerprint density at radius 1 is 1.28 bits per heavy atom. The number of nitrogens with zero attached hydrogens (tertiary/aromatic N) is 2. The van der Waals surface area contributed by atoms with Gasteiger partial charge in [0, 0.05) is 19.8 Å². The van der Waals surface area contributed by atoms with Crippen molar-refractivity contribution in [1.82, 2.24) is 4.98 Å². The summed E-state index contributed by atoms with van der Waals surface area (Å²) in [5.74, 6) is 0.164. The number of alkyl halides is 3. The number of anilines is 1. The van der Waals surface area contributed by atoms with E-state index in [2.05, 4.69) is 4.98 Å². The fourth-order valence-corrected chi connectivity index (χ4v) is 2.52. The molecular weight excluding hydrogens is 357 g/mol. The van der Waals surface area contributed by atoms with Crippen LogP contribution in [0.1, 0.15) is 11.1 Å². The molecule has 1 aromatic heterocycles. The summed E-state index contributed by atoms with van der Waals surface area (Å²) in [5, 5.41) is 9.89. The molecule has 0 aliphatic heterocycles. The van der Waals surface area contributed by atoms with E-state index in [0.29, 0.717) is 6.61 Å². The summed E-state index contributed by atoms with van der Waals surface area (Å²) in [5.41, 5.74) is 0.0666. The Hall–Kier alpha value is -1.83. The van der Waals surface area contributed by atoms with E-state index in [0.717, 1.165) is 17.8 Å². The summed E-state index contributed by atoms with van der Waals surface area (Å²) >= 11 is 5.88. The number of aliphatic hydroxyl groups excluding tert-OH is 1. The zero-order valence-electron chi connectivity index (χ0n) is 13.5. The Morgan fingerprint density at radius 3 is 2.56 bits per heavy atom. The van der Waals surface area contributed by atoms with Gasteiger partial charge in [0.15, 0.2) is 0 Å². The molecule has 8 heteroatoms. The van der Waals surface area contributed by atoms with Crippen LogP contribution in [0.2, 0.25) is 5.02 Å². The van der Waals surface area contributed by atoms with Gasteiger partial charge in [0.1, 0.15) is 5.82 Å². The van der Waals surface area contributed by atoms with Crippen LogP contribution in [0.4, 0.5) is 19.0 Å². The monoisotopic (exact) mass is 374 g/mol. The van der Waals surface area contributed by atoms with Crippen molar-refractivity contribution in [2.45, 2.75) is 18.9 Å². The van der Waals surface area contributed by atoms with Gasteiger partial charge >= 0.3 is 6.18 Å². The minimum atomic E-state index is -4.50. The molecule has 0 bridgehead atoms. The topological polar surface area (TPSA) is 45.6 Å². The molecule has 0 fully saturated rings. The van der Waals surface area contributed by atoms with Gasteiger partial charge in [-0.1, -0.05) is 41.9 Å². The zero-order valence-corrected chi connectivity index (χ0v) is 14.3. The quantitative estimate of drug-likeness (QED) is 0.801. The van der Waals surface area contributed by atoms with E-state index in [1.807, 2.05) is 30.3 Å². The summed E-state index contributed by atoms with van der Waals surface area (Å²) in [7, 11) is 1.59. The number of likely N-dealkylation sites (N-methyl/N-ethyl adjacent to an activating group) is 1. The van der Waals surface area contributed by atoms with Gasteiger partial charge in [-0.2, -0.15) is 13.2 Å². The lowest BCUT2D eigenvalue weighted by Crippen LogP contribution is -2.32. The zero-order chi connectivity index (χ0) is 18.4. The fourth-order valence-electron chi connectivity index (χ4n) is 2.21. The molecule has 4 nitrogen and oxygen atoms in total. The van der Waals surface area contributed by atoms with Crippen LogP contribution in [0, 0.1) is 0 Å². The molecular formula is C17H18ClF3N2O2. The van der Waals surface area contributed by atoms with Crippen LogP contribution in [0.15, 0.2) is 42.6 Å². The van der Waals surface area contributed by atoms with Crippen LogP contribution >= 0.6 is 11.6 Å². The SMILES string of the molecule is CN(CC(O)COCc1ccccc1)c1ncc(C(F)(F)F)cc1Cl. The summed E-state index contributed by atoms with van der Waals surface area (Å²) in [6.45, 7) is 0.561. The Labute approximate surface area is 148 Å². The molecule has 0 aliphatic rings. The molecule has 0 saturated heterocycles. The van der Waals surface area contributed by atoms with Gasteiger partial charge < -0.3 is 14.7 Å². The van der Waals surface area contributed by atoms with E-state index in [-0.39, 0.29) is 24.0 Å². The number of halogens is 4. The predicted molar refractivity (Wildman–Crippen MR) is 89.6 cm³/mol. The van der Waals surface area contributed by atoms with Gasteiger partial charge in [0.25, 0.3) is 0 Å². The highest BCUT2D eigenvalue weighted by molar-refractivity contribution is 6.33. The maximum absolute atomic E-state index is 12.6. The smallest absolute Gasteiger partial charge is 0.389 e. The predicted octanol–water partition coefficient (Wildman–Crippen LogP) is 3.77. The van der Waals surface area contributed by atoms with E-state index in [9.17, 15) is 18.3 Å². The lowest BCUT2D eigenvalue weighted by Gasteiger charge is -2.23. The van der Waals surface area contributed by atoms with Gasteiger partial charge in [0.05, 0.1) is 29.9 Å². The molecule has 0 radical (unpaired) electrons. The Kier molecular flexibility index (Phi) is 6.64. The van der Waals surface area contributed by atoms with Crippen molar-refractivity contribution in [3.05, 3.63) is 58.7 Å². The molecule has 1 unspecified atom stereocenters. The minimum absolute atomic E-state index is 0.0808. The van der Waals surface area contributed by atoms with Crippen LogP contribution < -0.4 is 4.90 Å². The van der Waals surface area contributed by atoms with Crippen molar-refractivity contribution in [3.63, 3.8) is 0 Å². The number of benzene rings is 1. The summed E-state index contributed by atoms with van der Waals surface area (Å²) in [6, 6.07) is 10.3. The molecule has 0 aliphatic carbocycles. The normalized spacial score (nSPS) is 12.9. The molecule has 136 valence electrons. The molecule has 1 aromatic carbocycles. The van der Waals surface area contributed by atoms with E-state index in [1.54, 1.807) is 7.05 Å². The second kappa shape index (κ2) is 8.51. The average molecular weight is 375 g/mol. The number of hydrogen-bond donors (Lipinski definition) is 1. The Morgan fingerprint density at radius 2 is 1.96 bits per heavy atom. The van der Waals surface area contributed by atoms with Gasteiger partial charge in [0.2, 0.25) is 0 Å². The highest BCUT2D eigenvalue weighted by Gasteiger charge is 2.32. The van der Waals surface area contributed by atoms with Crippen LogP contribution in [0.5, 0.6) is 0 Å². The first-order valence-corrected chi connectivity index (χ1v) is 7.89. The van der Waals surface area contributed by atoms with E-state index < -0.39 is 17.8 Å².